The van der Waals surface area contributed by atoms with Crippen molar-refractivity contribution in [3.8, 4) is 22.6 Å². The maximum atomic E-state index is 11.8. The molecule has 8 nitrogen and oxygen atoms in total. The molecule has 2 aromatic rings. The Balaban J connectivity index is 2.26. The molecule has 1 N–H and O–H groups in total. The van der Waals surface area contributed by atoms with Crippen molar-refractivity contribution in [2.24, 2.45) is 0 Å². The molecule has 0 aromatic heterocycles. The van der Waals surface area contributed by atoms with Gasteiger partial charge in [0.25, 0.3) is 0 Å². The molecular formula is C26H37NO7. The zero-order valence-corrected chi connectivity index (χ0v) is 20.7. The number of rotatable bonds is 17. The third kappa shape index (κ3) is 8.61. The standard InChI is InChI=1S/C26H37NO7/c1-5-21-22(12-9-14-32-17-25(28)27-13-15-29-2)26(20-10-7-6-8-11-20)24(34-19-31-4)16-23(21)33-18-30-3/h6-8,10-11,16H,5,9,12-15,17-19H2,1-4H3,(H,27,28). The van der Waals surface area contributed by atoms with Crippen LogP contribution in [-0.2, 0) is 36.6 Å². The van der Waals surface area contributed by atoms with Crippen molar-refractivity contribution in [3.63, 3.8) is 0 Å². The van der Waals surface area contributed by atoms with Crippen LogP contribution in [0.25, 0.3) is 11.1 Å². The second-order valence-electron chi connectivity index (χ2n) is 7.53. The molecule has 1 amide bonds. The Bertz CT molecular complexity index is 858. The average molecular weight is 476 g/mol. The molecular weight excluding hydrogens is 438 g/mol. The van der Waals surface area contributed by atoms with Crippen LogP contribution in [0.2, 0.25) is 0 Å². The van der Waals surface area contributed by atoms with Gasteiger partial charge in [0, 0.05) is 46.1 Å². The Morgan fingerprint density at radius 1 is 0.882 bits per heavy atom. The van der Waals surface area contributed by atoms with E-state index in [-0.39, 0.29) is 26.1 Å². The minimum absolute atomic E-state index is 0.0229. The zero-order valence-electron chi connectivity index (χ0n) is 20.7. The lowest BCUT2D eigenvalue weighted by atomic mass is 9.89. The molecule has 0 heterocycles. The van der Waals surface area contributed by atoms with Gasteiger partial charge in [-0.05, 0) is 36.0 Å². The first-order chi connectivity index (χ1) is 16.7. The normalized spacial score (nSPS) is 10.8. The highest BCUT2D eigenvalue weighted by molar-refractivity contribution is 5.78. The van der Waals surface area contributed by atoms with Crippen LogP contribution in [0.5, 0.6) is 11.5 Å². The number of carbonyl (C=O) groups excluding carboxylic acids is 1. The van der Waals surface area contributed by atoms with Crippen molar-refractivity contribution in [1.82, 2.24) is 5.32 Å². The first-order valence-corrected chi connectivity index (χ1v) is 11.5. The molecule has 8 heteroatoms. The van der Waals surface area contributed by atoms with Gasteiger partial charge in [0.1, 0.15) is 18.1 Å². The zero-order chi connectivity index (χ0) is 24.6. The Morgan fingerprint density at radius 3 is 2.24 bits per heavy atom. The van der Waals surface area contributed by atoms with Gasteiger partial charge in [-0.15, -0.1) is 0 Å². The number of methoxy groups -OCH3 is 3. The summed E-state index contributed by atoms with van der Waals surface area (Å²) >= 11 is 0. The number of amides is 1. The lowest BCUT2D eigenvalue weighted by Gasteiger charge is -2.22. The van der Waals surface area contributed by atoms with E-state index in [1.807, 2.05) is 24.3 Å². The van der Waals surface area contributed by atoms with E-state index in [9.17, 15) is 4.79 Å². The largest absolute Gasteiger partial charge is 0.467 e. The van der Waals surface area contributed by atoms with Gasteiger partial charge >= 0.3 is 0 Å². The molecule has 0 saturated heterocycles. The Kier molecular flexibility index (Phi) is 13.0. The first-order valence-electron chi connectivity index (χ1n) is 11.5. The van der Waals surface area contributed by atoms with Crippen LogP contribution in [-0.4, -0.2) is 67.2 Å². The summed E-state index contributed by atoms with van der Waals surface area (Å²) in [6.45, 7) is 3.78. The van der Waals surface area contributed by atoms with Crippen LogP contribution in [0.15, 0.2) is 36.4 Å². The second kappa shape index (κ2) is 16.1. The fourth-order valence-electron chi connectivity index (χ4n) is 3.66. The van der Waals surface area contributed by atoms with E-state index in [1.54, 1.807) is 21.3 Å². The topological polar surface area (TPSA) is 84.5 Å². The summed E-state index contributed by atoms with van der Waals surface area (Å²) in [5, 5.41) is 2.75. The van der Waals surface area contributed by atoms with Gasteiger partial charge in [-0.25, -0.2) is 0 Å². The van der Waals surface area contributed by atoms with Crippen molar-refractivity contribution >= 4 is 5.91 Å². The highest BCUT2D eigenvalue weighted by atomic mass is 16.7. The Labute approximate surface area is 202 Å². The maximum Gasteiger partial charge on any atom is 0.246 e. The molecule has 0 aliphatic carbocycles. The third-order valence-corrected chi connectivity index (χ3v) is 5.13. The minimum Gasteiger partial charge on any atom is -0.467 e. The molecule has 0 bridgehead atoms. The summed E-state index contributed by atoms with van der Waals surface area (Å²) in [5.41, 5.74) is 4.28. The summed E-state index contributed by atoms with van der Waals surface area (Å²) < 4.78 is 32.7. The van der Waals surface area contributed by atoms with Crippen molar-refractivity contribution in [3.05, 3.63) is 47.5 Å². The highest BCUT2D eigenvalue weighted by Crippen LogP contribution is 2.41. The number of hydrogen-bond donors (Lipinski definition) is 1. The quantitative estimate of drug-likeness (QED) is 0.276. The number of benzene rings is 2. The number of ether oxygens (including phenoxy) is 6. The van der Waals surface area contributed by atoms with E-state index in [4.69, 9.17) is 28.4 Å². The first kappa shape index (κ1) is 27.6. The predicted molar refractivity (Wildman–Crippen MR) is 130 cm³/mol. The highest BCUT2D eigenvalue weighted by Gasteiger charge is 2.20. The molecule has 34 heavy (non-hydrogen) atoms. The lowest BCUT2D eigenvalue weighted by molar-refractivity contribution is -0.125. The smallest absolute Gasteiger partial charge is 0.246 e. The van der Waals surface area contributed by atoms with E-state index in [0.717, 1.165) is 47.3 Å². The molecule has 0 spiro atoms. The molecule has 0 atom stereocenters. The van der Waals surface area contributed by atoms with Gasteiger partial charge in [0.15, 0.2) is 13.6 Å². The maximum absolute atomic E-state index is 11.8. The summed E-state index contributed by atoms with van der Waals surface area (Å²) in [5.74, 6) is 1.26. The van der Waals surface area contributed by atoms with Crippen LogP contribution in [0.3, 0.4) is 0 Å². The molecule has 0 radical (unpaired) electrons. The number of hydrogen-bond acceptors (Lipinski definition) is 7. The number of carbonyl (C=O) groups is 1. The van der Waals surface area contributed by atoms with Gasteiger partial charge in [-0.1, -0.05) is 37.3 Å². The van der Waals surface area contributed by atoms with Crippen molar-refractivity contribution in [2.75, 3.05) is 61.3 Å². The SMILES string of the molecule is CCc1c(OCOC)cc(OCOC)c(-c2ccccc2)c1CCCOCC(=O)NCCOC. The molecule has 0 unspecified atom stereocenters. The molecule has 2 rings (SSSR count). The molecule has 0 aliphatic rings. The van der Waals surface area contributed by atoms with Gasteiger partial charge in [-0.2, -0.15) is 0 Å². The number of nitrogens with one attached hydrogen (secondary N) is 1. The minimum atomic E-state index is -0.151. The molecule has 188 valence electrons. The summed E-state index contributed by atoms with van der Waals surface area (Å²) in [6.07, 6.45) is 2.24. The van der Waals surface area contributed by atoms with E-state index >= 15 is 0 Å². The molecule has 0 fully saturated rings. The van der Waals surface area contributed by atoms with Crippen molar-refractivity contribution < 1.29 is 33.2 Å². The Morgan fingerprint density at radius 2 is 1.59 bits per heavy atom. The second-order valence-corrected chi connectivity index (χ2v) is 7.53. The Hall–Kier alpha value is -2.65. The van der Waals surface area contributed by atoms with Crippen molar-refractivity contribution in [1.29, 1.82) is 0 Å². The van der Waals surface area contributed by atoms with Crippen LogP contribution >= 0.6 is 0 Å². The van der Waals surface area contributed by atoms with E-state index < -0.39 is 0 Å². The van der Waals surface area contributed by atoms with Crippen molar-refractivity contribution in [2.45, 2.75) is 26.2 Å². The fourth-order valence-corrected chi connectivity index (χ4v) is 3.66. The lowest BCUT2D eigenvalue weighted by Crippen LogP contribution is -2.30. The third-order valence-electron chi connectivity index (χ3n) is 5.13. The van der Waals surface area contributed by atoms with E-state index in [1.165, 1.54) is 0 Å². The van der Waals surface area contributed by atoms with Gasteiger partial charge in [0.2, 0.25) is 5.91 Å². The van der Waals surface area contributed by atoms with Gasteiger partial charge < -0.3 is 33.7 Å². The van der Waals surface area contributed by atoms with Gasteiger partial charge in [0.05, 0.1) is 6.61 Å². The van der Waals surface area contributed by atoms with E-state index in [2.05, 4.69) is 24.4 Å². The van der Waals surface area contributed by atoms with Crippen LogP contribution in [0, 0.1) is 0 Å². The fraction of sp³-hybridized carbons (Fsp3) is 0.500. The summed E-state index contributed by atoms with van der Waals surface area (Å²) in [4.78, 5) is 11.8. The van der Waals surface area contributed by atoms with Gasteiger partial charge in [-0.3, -0.25) is 4.79 Å². The van der Waals surface area contributed by atoms with E-state index in [0.29, 0.717) is 25.5 Å². The average Bonchev–Trinajstić information content (AvgIpc) is 2.86. The summed E-state index contributed by atoms with van der Waals surface area (Å²) in [6, 6.07) is 12.0. The monoisotopic (exact) mass is 475 g/mol. The van der Waals surface area contributed by atoms with Crippen LogP contribution in [0.4, 0.5) is 0 Å². The molecule has 0 aliphatic heterocycles. The summed E-state index contributed by atoms with van der Waals surface area (Å²) in [7, 11) is 4.78. The molecule has 0 saturated carbocycles. The van der Waals surface area contributed by atoms with Crippen LogP contribution in [0.1, 0.15) is 24.5 Å². The van der Waals surface area contributed by atoms with Crippen LogP contribution < -0.4 is 14.8 Å². The predicted octanol–water partition coefficient (Wildman–Crippen LogP) is 3.59. The molecule has 2 aromatic carbocycles.